The summed E-state index contributed by atoms with van der Waals surface area (Å²) in [6.45, 7) is 1.94. The van der Waals surface area contributed by atoms with Gasteiger partial charge in [-0.3, -0.25) is 4.79 Å². The third-order valence-corrected chi connectivity index (χ3v) is 5.04. The zero-order valence-corrected chi connectivity index (χ0v) is 12.0. The first-order chi connectivity index (χ1) is 7.08. The Hall–Kier alpha value is -0.310. The predicted octanol–water partition coefficient (Wildman–Crippen LogP) is 3.41. The van der Waals surface area contributed by atoms with E-state index in [1.54, 1.807) is 6.07 Å². The number of hydrogen-bond acceptors (Lipinski definition) is 2. The van der Waals surface area contributed by atoms with Crippen molar-refractivity contribution in [1.82, 2.24) is 5.32 Å². The highest BCUT2D eigenvalue weighted by atomic mass is 79.9. The van der Waals surface area contributed by atoms with Crippen LogP contribution in [0.2, 0.25) is 0 Å². The molecule has 1 heterocycles. The first kappa shape index (κ1) is 12.8. The molecule has 0 aliphatic carbocycles. The van der Waals surface area contributed by atoms with E-state index in [-0.39, 0.29) is 11.9 Å². The van der Waals surface area contributed by atoms with Gasteiger partial charge in [0, 0.05) is 4.47 Å². The van der Waals surface area contributed by atoms with Gasteiger partial charge in [0.2, 0.25) is 0 Å². The zero-order chi connectivity index (χ0) is 11.4. The largest absolute Gasteiger partial charge is 0.338 e. The summed E-state index contributed by atoms with van der Waals surface area (Å²) in [5, 5.41) is 2.77. The number of hydrogen-bond donors (Lipinski definition) is 1. The molecule has 80 valence electrons. The standard InChI is InChI=1S/C10H9Br2NOS/c1-3-6(4-2)13-10(14)8-5-7(11)9(12)15-8/h1,5-6H,4H2,2H3,(H,13,14). The van der Waals surface area contributed by atoms with Crippen molar-refractivity contribution in [2.75, 3.05) is 0 Å². The van der Waals surface area contributed by atoms with E-state index in [0.717, 1.165) is 14.7 Å². The first-order valence-corrected chi connectivity index (χ1v) is 6.70. The van der Waals surface area contributed by atoms with Gasteiger partial charge in [0.05, 0.1) is 14.7 Å². The molecule has 1 rings (SSSR count). The second-order valence-electron chi connectivity index (χ2n) is 2.83. The second kappa shape index (κ2) is 5.69. The molecule has 1 amide bonds. The average Bonchev–Trinajstić information content (AvgIpc) is 2.55. The van der Waals surface area contributed by atoms with Crippen LogP contribution in [0.25, 0.3) is 0 Å². The molecular weight excluding hydrogens is 342 g/mol. The van der Waals surface area contributed by atoms with Crippen molar-refractivity contribution in [3.8, 4) is 12.3 Å². The van der Waals surface area contributed by atoms with E-state index in [1.807, 2.05) is 6.92 Å². The van der Waals surface area contributed by atoms with E-state index in [1.165, 1.54) is 11.3 Å². The summed E-state index contributed by atoms with van der Waals surface area (Å²) in [4.78, 5) is 12.3. The molecule has 1 N–H and O–H groups in total. The Morgan fingerprint density at radius 2 is 2.40 bits per heavy atom. The molecule has 1 aromatic rings. The normalized spacial score (nSPS) is 11.9. The Bertz CT molecular complexity index is 389. The number of carbonyl (C=O) groups excluding carboxylic acids is 1. The summed E-state index contributed by atoms with van der Waals surface area (Å²) in [5.41, 5.74) is 0. The molecule has 2 nitrogen and oxygen atoms in total. The Morgan fingerprint density at radius 1 is 1.73 bits per heavy atom. The van der Waals surface area contributed by atoms with Crippen LogP contribution in [-0.2, 0) is 0 Å². The van der Waals surface area contributed by atoms with Gasteiger partial charge in [-0.25, -0.2) is 0 Å². The second-order valence-corrected chi connectivity index (χ2v) is 6.06. The number of nitrogens with one attached hydrogen (secondary N) is 1. The Kier molecular flexibility index (Phi) is 4.84. The van der Waals surface area contributed by atoms with Gasteiger partial charge in [-0.15, -0.1) is 17.8 Å². The summed E-state index contributed by atoms with van der Waals surface area (Å²) in [6, 6.07) is 1.57. The van der Waals surface area contributed by atoms with Crippen molar-refractivity contribution >= 4 is 49.1 Å². The molecule has 0 radical (unpaired) electrons. The lowest BCUT2D eigenvalue weighted by Gasteiger charge is -2.08. The van der Waals surface area contributed by atoms with Gasteiger partial charge in [-0.2, -0.15) is 0 Å². The Morgan fingerprint density at radius 3 is 2.80 bits per heavy atom. The van der Waals surface area contributed by atoms with Crippen LogP contribution in [0.4, 0.5) is 0 Å². The topological polar surface area (TPSA) is 29.1 Å². The van der Waals surface area contributed by atoms with Crippen LogP contribution in [0.3, 0.4) is 0 Å². The molecule has 0 fully saturated rings. The third-order valence-electron chi connectivity index (χ3n) is 1.78. The van der Waals surface area contributed by atoms with Gasteiger partial charge in [0.25, 0.3) is 5.91 Å². The minimum absolute atomic E-state index is 0.129. The lowest BCUT2D eigenvalue weighted by molar-refractivity contribution is 0.0949. The highest BCUT2D eigenvalue weighted by Crippen LogP contribution is 2.32. The molecule has 0 bridgehead atoms. The SMILES string of the molecule is C#CC(CC)NC(=O)c1cc(Br)c(Br)s1. The maximum atomic E-state index is 11.7. The Balaban J connectivity index is 2.74. The molecule has 0 saturated carbocycles. The van der Waals surface area contributed by atoms with Crippen LogP contribution >= 0.6 is 43.2 Å². The molecule has 1 aromatic heterocycles. The minimum atomic E-state index is -0.197. The molecular formula is C10H9Br2NOS. The van der Waals surface area contributed by atoms with Crippen molar-refractivity contribution < 1.29 is 4.79 Å². The van der Waals surface area contributed by atoms with Gasteiger partial charge >= 0.3 is 0 Å². The minimum Gasteiger partial charge on any atom is -0.338 e. The molecule has 0 spiro atoms. The van der Waals surface area contributed by atoms with Crippen LogP contribution in [0.5, 0.6) is 0 Å². The molecule has 15 heavy (non-hydrogen) atoms. The number of carbonyl (C=O) groups is 1. The van der Waals surface area contributed by atoms with Gasteiger partial charge in [-0.05, 0) is 44.3 Å². The van der Waals surface area contributed by atoms with E-state index < -0.39 is 0 Å². The van der Waals surface area contributed by atoms with Crippen molar-refractivity contribution in [3.63, 3.8) is 0 Å². The van der Waals surface area contributed by atoms with E-state index in [9.17, 15) is 4.79 Å². The summed E-state index contributed by atoms with van der Waals surface area (Å²) in [7, 11) is 0. The highest BCUT2D eigenvalue weighted by Gasteiger charge is 2.14. The number of halogens is 2. The van der Waals surface area contributed by atoms with Gasteiger partial charge in [-0.1, -0.05) is 12.8 Å². The number of terminal acetylenes is 1. The number of amides is 1. The lowest BCUT2D eigenvalue weighted by Crippen LogP contribution is -2.32. The summed E-state index contributed by atoms with van der Waals surface area (Å²) in [6.07, 6.45) is 6.00. The molecule has 1 unspecified atom stereocenters. The van der Waals surface area contributed by atoms with Crippen LogP contribution < -0.4 is 5.32 Å². The monoisotopic (exact) mass is 349 g/mol. The average molecular weight is 351 g/mol. The van der Waals surface area contributed by atoms with Gasteiger partial charge < -0.3 is 5.32 Å². The fourth-order valence-electron chi connectivity index (χ4n) is 0.949. The summed E-state index contributed by atoms with van der Waals surface area (Å²) < 4.78 is 1.79. The molecule has 0 aliphatic rings. The van der Waals surface area contributed by atoms with E-state index in [0.29, 0.717) is 4.88 Å². The maximum absolute atomic E-state index is 11.7. The van der Waals surface area contributed by atoms with Crippen LogP contribution in [0.15, 0.2) is 14.3 Å². The fourth-order valence-corrected chi connectivity index (χ4v) is 2.89. The predicted molar refractivity (Wildman–Crippen MR) is 70.1 cm³/mol. The van der Waals surface area contributed by atoms with Crippen LogP contribution in [-0.4, -0.2) is 11.9 Å². The summed E-state index contributed by atoms with van der Waals surface area (Å²) >= 11 is 8.04. The zero-order valence-electron chi connectivity index (χ0n) is 8.01. The first-order valence-electron chi connectivity index (χ1n) is 4.30. The van der Waals surface area contributed by atoms with Gasteiger partial charge in [0.15, 0.2) is 0 Å². The van der Waals surface area contributed by atoms with Crippen molar-refractivity contribution in [3.05, 3.63) is 19.2 Å². The summed E-state index contributed by atoms with van der Waals surface area (Å²) in [5.74, 6) is 2.39. The van der Waals surface area contributed by atoms with E-state index >= 15 is 0 Å². The van der Waals surface area contributed by atoms with E-state index in [2.05, 4.69) is 43.1 Å². The van der Waals surface area contributed by atoms with Crippen molar-refractivity contribution in [2.24, 2.45) is 0 Å². The Labute approximate surface area is 110 Å². The molecule has 0 aromatic carbocycles. The third kappa shape index (κ3) is 3.33. The molecule has 1 atom stereocenters. The van der Waals surface area contributed by atoms with Crippen molar-refractivity contribution in [1.29, 1.82) is 0 Å². The quantitative estimate of drug-likeness (QED) is 0.831. The highest BCUT2D eigenvalue weighted by molar-refractivity contribution is 9.13. The van der Waals surface area contributed by atoms with E-state index in [4.69, 9.17) is 6.42 Å². The number of rotatable bonds is 3. The fraction of sp³-hybridized carbons (Fsp3) is 0.300. The molecule has 0 saturated heterocycles. The number of thiophene rings is 1. The molecule has 5 heteroatoms. The van der Waals surface area contributed by atoms with Crippen LogP contribution in [0, 0.1) is 12.3 Å². The lowest BCUT2D eigenvalue weighted by atomic mass is 10.2. The van der Waals surface area contributed by atoms with Crippen molar-refractivity contribution in [2.45, 2.75) is 19.4 Å². The van der Waals surface area contributed by atoms with Crippen LogP contribution in [0.1, 0.15) is 23.0 Å². The smallest absolute Gasteiger partial charge is 0.262 e. The van der Waals surface area contributed by atoms with Gasteiger partial charge in [0.1, 0.15) is 0 Å². The molecule has 0 aliphatic heterocycles. The maximum Gasteiger partial charge on any atom is 0.262 e.